The van der Waals surface area contributed by atoms with Gasteiger partial charge in [-0.1, -0.05) is 214 Å². The minimum atomic E-state index is -0.422. The average Bonchev–Trinajstić information content (AvgIpc) is 0.871. The van der Waals surface area contributed by atoms with Gasteiger partial charge in [0.1, 0.15) is 11.6 Å². The van der Waals surface area contributed by atoms with Crippen LogP contribution in [0.15, 0.2) is 243 Å². The Morgan fingerprint density at radius 2 is 0.929 bits per heavy atom. The van der Waals surface area contributed by atoms with Gasteiger partial charge in [0.2, 0.25) is 23.8 Å². The maximum atomic E-state index is 14.7. The van der Waals surface area contributed by atoms with Crippen LogP contribution in [0.2, 0.25) is 0 Å². The molecule has 4 aromatic heterocycles. The molecule has 0 spiro atoms. The monoisotopic (exact) mass is 1700 g/mol. The summed E-state index contributed by atoms with van der Waals surface area (Å²) in [6, 6.07) is 70.7. The zero-order valence-electron chi connectivity index (χ0n) is 72.8. The lowest BCUT2D eigenvalue weighted by atomic mass is 9.96. The molecule has 3 aliphatic rings. The van der Waals surface area contributed by atoms with E-state index in [2.05, 4.69) is 81.1 Å². The number of hydrogen-bond donors (Lipinski definition) is 3. The number of rotatable bonds is 29. The number of methoxy groups -OCH3 is 1. The van der Waals surface area contributed by atoms with Crippen molar-refractivity contribution in [1.29, 1.82) is 5.26 Å². The Hall–Kier alpha value is -13.6. The van der Waals surface area contributed by atoms with Crippen molar-refractivity contribution < 1.29 is 40.3 Å². The van der Waals surface area contributed by atoms with Gasteiger partial charge in [0, 0.05) is 148 Å². The van der Waals surface area contributed by atoms with E-state index >= 15 is 0 Å². The molecule has 8 aromatic carbocycles. The Morgan fingerprint density at radius 3 is 1.44 bits per heavy atom. The van der Waals surface area contributed by atoms with E-state index < -0.39 is 11.6 Å². The van der Waals surface area contributed by atoms with E-state index in [1.54, 1.807) is 82.7 Å². The van der Waals surface area contributed by atoms with Crippen molar-refractivity contribution >= 4 is 47.4 Å². The van der Waals surface area contributed by atoms with Crippen LogP contribution in [-0.2, 0) is 29.1 Å². The fourth-order valence-electron chi connectivity index (χ4n) is 15.1. The van der Waals surface area contributed by atoms with Crippen LogP contribution >= 0.6 is 0 Å². The number of carbonyl (C=O) groups is 4. The summed E-state index contributed by atoms with van der Waals surface area (Å²) in [6.45, 7) is 16.8. The Balaban J connectivity index is 0.000000177. The molecule has 0 bridgehead atoms. The summed E-state index contributed by atoms with van der Waals surface area (Å²) < 4.78 is 39.8. The topological polar surface area (TPSA) is 266 Å². The number of benzene rings is 8. The summed E-state index contributed by atoms with van der Waals surface area (Å²) in [5.41, 5.74) is 11.6. The first-order valence-corrected chi connectivity index (χ1v) is 43.5. The largest absolute Gasteiger partial charge is 0.385 e. The van der Waals surface area contributed by atoms with Crippen molar-refractivity contribution in [3.8, 4) is 62.2 Å². The maximum Gasteiger partial charge on any atom is 0.258 e. The maximum absolute atomic E-state index is 14.7. The highest BCUT2D eigenvalue weighted by atomic mass is 19.1. The lowest BCUT2D eigenvalue weighted by Crippen LogP contribution is -2.37. The van der Waals surface area contributed by atoms with Crippen LogP contribution in [0.25, 0.3) is 56.2 Å². The van der Waals surface area contributed by atoms with Crippen LogP contribution in [0.1, 0.15) is 165 Å². The van der Waals surface area contributed by atoms with Crippen molar-refractivity contribution in [2.75, 3.05) is 93.7 Å². The second-order valence-electron chi connectivity index (χ2n) is 31.3. The van der Waals surface area contributed by atoms with Crippen molar-refractivity contribution in [2.24, 2.45) is 0 Å². The molecule has 3 fully saturated rings. The Kier molecular flexibility index (Phi) is 34.0. The molecule has 0 atom stereocenters. The number of anilines is 4. The minimum Gasteiger partial charge on any atom is -0.385 e. The summed E-state index contributed by atoms with van der Waals surface area (Å²) in [5.74, 6) is 0.494. The Morgan fingerprint density at radius 1 is 0.500 bits per heavy atom. The number of carbonyl (C=O) groups excluding carboxylic acids is 4. The molecular weight excluding hydrogens is 1590 g/mol. The molecule has 12 aromatic rings. The van der Waals surface area contributed by atoms with E-state index in [0.717, 1.165) is 71.0 Å². The smallest absolute Gasteiger partial charge is 0.258 e. The van der Waals surface area contributed by atoms with Gasteiger partial charge in [0.25, 0.3) is 23.6 Å². The van der Waals surface area contributed by atoms with Crippen LogP contribution in [0, 0.1) is 23.0 Å². The summed E-state index contributed by atoms with van der Waals surface area (Å²) in [5, 5.41) is 18.9. The molecule has 15 rings (SSSR count). The van der Waals surface area contributed by atoms with E-state index in [-0.39, 0.29) is 43.7 Å². The van der Waals surface area contributed by atoms with Gasteiger partial charge < -0.3 is 49.9 Å². The van der Waals surface area contributed by atoms with E-state index in [9.17, 15) is 28.0 Å². The number of aromatic nitrogens is 8. The highest BCUT2D eigenvalue weighted by molar-refractivity contribution is 6.02. The highest BCUT2D eigenvalue weighted by Gasteiger charge is 2.30. The standard InChI is InChI=1S/C27H32N4O2.C25H27FN4O.C25H25N5O2.C24H27FN4O.2H2/c1-33-18-8-17-28-26(32)24-19-29-27(30-23-11-6-3-7-12-23)31-25(24)22-15-13-21(14-16-22)20-9-4-2-5-10-20;1-2-30(17-18-10-4-3-5-11-18)24(31)21-16-27-25(28-19-12-6-7-13-19)29-23(21)20-14-8-9-15-22(20)26;1-2-29(18-20-6-4-3-5-7-20)24(31)22-17-27-25(30-12-14-32-15-13-30)28-23(22)21-10-8-19(16-26)9-11-21;1-5-28(4)24-26-15-20(22(27-24)19-13-9-10-14-21(19)25)23(30)29(17(2)3)16-18-11-7-6-8-12-18;;/h2,4-5,9-10,13-16,19,23H,3,6-8,11-12,17-18H2,1H3,(H,28,32)(H,29,30,31);3-5,8-11,14-16,19H,2,6-7,12-13,17H2,1H3,(H,27,28,29);3-11,17H,2,12-15,18H2,1H3;6-15,17H,5,16H2,1-4H3;2*1H. The van der Waals surface area contributed by atoms with Crippen molar-refractivity contribution in [2.45, 2.75) is 137 Å². The molecular formula is C101H115F2N17O6. The van der Waals surface area contributed by atoms with Gasteiger partial charge in [0.05, 0.1) is 69.9 Å². The van der Waals surface area contributed by atoms with E-state index in [0.29, 0.717) is 165 Å². The molecule has 2 aliphatic carbocycles. The first kappa shape index (κ1) is 91.6. The fraction of sp³-hybridized carbons (Fsp3) is 0.317. The number of amides is 4. The molecule has 1 saturated heterocycles. The summed E-state index contributed by atoms with van der Waals surface area (Å²) in [7, 11) is 3.52. The number of nitriles is 1. The molecule has 0 radical (unpaired) electrons. The number of halogens is 2. The molecule has 3 N–H and O–H groups in total. The third kappa shape index (κ3) is 25.1. The van der Waals surface area contributed by atoms with E-state index in [1.807, 2.05) is 180 Å². The fourth-order valence-corrected chi connectivity index (χ4v) is 15.1. The van der Waals surface area contributed by atoms with Crippen LogP contribution in [0.3, 0.4) is 0 Å². The summed E-state index contributed by atoms with van der Waals surface area (Å²) in [6.07, 6.45) is 17.6. The quantitative estimate of drug-likeness (QED) is 0.0368. The molecule has 5 heterocycles. The highest BCUT2D eigenvalue weighted by Crippen LogP contribution is 2.34. The van der Waals surface area contributed by atoms with Crippen LogP contribution in [0.4, 0.5) is 32.6 Å². The molecule has 4 amide bonds. The molecule has 654 valence electrons. The minimum absolute atomic E-state index is 0. The van der Waals surface area contributed by atoms with E-state index in [1.165, 1.54) is 56.6 Å². The summed E-state index contributed by atoms with van der Waals surface area (Å²) in [4.78, 5) is 99.2. The first-order valence-electron chi connectivity index (χ1n) is 43.5. The van der Waals surface area contributed by atoms with Gasteiger partial charge in [-0.3, -0.25) is 19.2 Å². The van der Waals surface area contributed by atoms with Crippen molar-refractivity contribution in [3.63, 3.8) is 0 Å². The lowest BCUT2D eigenvalue weighted by molar-refractivity contribution is 0.0688. The predicted octanol–water partition coefficient (Wildman–Crippen LogP) is 19.4. The van der Waals surface area contributed by atoms with Crippen molar-refractivity contribution in [1.82, 2.24) is 59.9 Å². The predicted molar refractivity (Wildman–Crippen MR) is 497 cm³/mol. The van der Waals surface area contributed by atoms with E-state index in [4.69, 9.17) is 24.7 Å². The van der Waals surface area contributed by atoms with Crippen LogP contribution in [-0.4, -0.2) is 170 Å². The van der Waals surface area contributed by atoms with Crippen molar-refractivity contribution in [3.05, 3.63) is 299 Å². The number of hydrogen-bond acceptors (Lipinski definition) is 19. The third-order valence-electron chi connectivity index (χ3n) is 22.3. The molecule has 23 nitrogen and oxygen atoms in total. The molecule has 126 heavy (non-hydrogen) atoms. The molecule has 1 aliphatic heterocycles. The van der Waals surface area contributed by atoms with Crippen LogP contribution < -0.4 is 25.8 Å². The number of morpholine rings is 1. The molecule has 0 unspecified atom stereocenters. The number of ether oxygens (including phenoxy) is 2. The van der Waals surface area contributed by atoms with Gasteiger partial charge in [0.15, 0.2) is 0 Å². The average molecular weight is 1700 g/mol. The second kappa shape index (κ2) is 46.8. The Labute approximate surface area is 740 Å². The van der Waals surface area contributed by atoms with Crippen LogP contribution in [0.5, 0.6) is 0 Å². The zero-order valence-corrected chi connectivity index (χ0v) is 72.8. The number of nitrogens with one attached hydrogen (secondary N) is 3. The van der Waals surface area contributed by atoms with Gasteiger partial charge in [-0.25, -0.2) is 48.7 Å². The SMILES string of the molecule is CCN(C)c1ncc(C(=O)N(Cc2ccccc2)C(C)C)c(-c2ccccc2F)n1.CCN(Cc1ccccc1)C(=O)c1cnc(N2CCOCC2)nc1-c1ccc(C#N)cc1.CCN(Cc1ccccc1)C(=O)c1cnc(NC2CCCC2)nc1-c1ccccc1F.COCCCNC(=O)c1cnc(NC2CCCCC2)nc1-c1ccc(-c2ccccc2)cc1.[HH].[HH]. The third-order valence-corrected chi connectivity index (χ3v) is 22.3. The Bertz CT molecular complexity index is 5560. The number of nitrogens with zero attached hydrogens (tertiary/aromatic N) is 14. The lowest BCUT2D eigenvalue weighted by Gasteiger charge is -2.28. The zero-order chi connectivity index (χ0) is 88.5. The molecule has 25 heteroatoms. The van der Waals surface area contributed by atoms with Gasteiger partial charge in [-0.2, -0.15) is 5.26 Å². The van der Waals surface area contributed by atoms with Gasteiger partial charge in [-0.15, -0.1) is 0 Å². The van der Waals surface area contributed by atoms with Gasteiger partial charge in [-0.05, 0) is 131 Å². The first-order chi connectivity index (χ1) is 61.5. The molecule has 2 saturated carbocycles. The normalized spacial score (nSPS) is 13.1. The summed E-state index contributed by atoms with van der Waals surface area (Å²) >= 11 is 0. The second-order valence-corrected chi connectivity index (χ2v) is 31.3. The van der Waals surface area contributed by atoms with Gasteiger partial charge >= 0.3 is 0 Å².